The molecule has 2 rings (SSSR count). The van der Waals surface area contributed by atoms with Gasteiger partial charge in [-0.1, -0.05) is 18.2 Å². The maximum atomic E-state index is 13.6. The lowest BCUT2D eigenvalue weighted by molar-refractivity contribution is 0.101. The van der Waals surface area contributed by atoms with Crippen molar-refractivity contribution in [3.05, 3.63) is 59.4 Å². The Labute approximate surface area is 112 Å². The first-order valence-electron chi connectivity index (χ1n) is 6.10. The van der Waals surface area contributed by atoms with Crippen LogP contribution in [0.15, 0.2) is 42.5 Å². The van der Waals surface area contributed by atoms with E-state index in [1.165, 1.54) is 13.0 Å². The van der Waals surface area contributed by atoms with Gasteiger partial charge in [0.25, 0.3) is 0 Å². The number of carbonyl (C=O) groups is 1. The SMILES string of the molecule is CC(=O)c1cc(F)c(C)cc1N(C)c1ccccc1. The molecule has 0 aliphatic heterocycles. The first kappa shape index (κ1) is 13.3. The molecule has 0 atom stereocenters. The molecular formula is C16H16FNO. The summed E-state index contributed by atoms with van der Waals surface area (Å²) in [4.78, 5) is 13.6. The van der Waals surface area contributed by atoms with Crippen molar-refractivity contribution in [2.24, 2.45) is 0 Å². The first-order valence-corrected chi connectivity index (χ1v) is 6.10. The molecule has 3 heteroatoms. The molecule has 0 aliphatic carbocycles. The Hall–Kier alpha value is -2.16. The Morgan fingerprint density at radius 1 is 1.16 bits per heavy atom. The highest BCUT2D eigenvalue weighted by Crippen LogP contribution is 2.29. The zero-order chi connectivity index (χ0) is 14.0. The molecule has 19 heavy (non-hydrogen) atoms. The third-order valence-electron chi connectivity index (χ3n) is 3.16. The van der Waals surface area contributed by atoms with Gasteiger partial charge < -0.3 is 4.90 Å². The van der Waals surface area contributed by atoms with Gasteiger partial charge in [-0.25, -0.2) is 4.39 Å². The van der Waals surface area contributed by atoms with Gasteiger partial charge in [0.2, 0.25) is 0 Å². The number of carbonyl (C=O) groups excluding carboxylic acids is 1. The van der Waals surface area contributed by atoms with Crippen LogP contribution in [0.4, 0.5) is 15.8 Å². The van der Waals surface area contributed by atoms with E-state index >= 15 is 0 Å². The zero-order valence-corrected chi connectivity index (χ0v) is 11.3. The molecule has 0 aromatic heterocycles. The number of aryl methyl sites for hydroxylation is 1. The summed E-state index contributed by atoms with van der Waals surface area (Å²) in [7, 11) is 1.87. The normalized spacial score (nSPS) is 10.3. The summed E-state index contributed by atoms with van der Waals surface area (Å²) in [5.41, 5.74) is 2.60. The highest BCUT2D eigenvalue weighted by molar-refractivity contribution is 6.00. The summed E-state index contributed by atoms with van der Waals surface area (Å²) >= 11 is 0. The van der Waals surface area contributed by atoms with Crippen LogP contribution in [-0.4, -0.2) is 12.8 Å². The van der Waals surface area contributed by atoms with Gasteiger partial charge in [-0.15, -0.1) is 0 Å². The van der Waals surface area contributed by atoms with E-state index in [9.17, 15) is 9.18 Å². The number of para-hydroxylation sites is 1. The predicted octanol–water partition coefficient (Wildman–Crippen LogP) is 4.10. The largest absolute Gasteiger partial charge is 0.344 e. The van der Waals surface area contributed by atoms with E-state index in [0.717, 1.165) is 11.4 Å². The van der Waals surface area contributed by atoms with Crippen molar-refractivity contribution in [2.75, 3.05) is 11.9 Å². The lowest BCUT2D eigenvalue weighted by Crippen LogP contribution is -2.14. The topological polar surface area (TPSA) is 20.3 Å². The summed E-state index contributed by atoms with van der Waals surface area (Å²) < 4.78 is 13.6. The fourth-order valence-corrected chi connectivity index (χ4v) is 2.02. The van der Waals surface area contributed by atoms with Crippen LogP contribution >= 0.6 is 0 Å². The number of hydrogen-bond donors (Lipinski definition) is 0. The number of ketones is 1. The van der Waals surface area contributed by atoms with Crippen LogP contribution in [0.25, 0.3) is 0 Å². The van der Waals surface area contributed by atoms with E-state index in [-0.39, 0.29) is 11.6 Å². The summed E-state index contributed by atoms with van der Waals surface area (Å²) in [6.07, 6.45) is 0. The second-order valence-electron chi connectivity index (χ2n) is 4.57. The predicted molar refractivity (Wildman–Crippen MR) is 75.6 cm³/mol. The highest BCUT2D eigenvalue weighted by Gasteiger charge is 2.15. The minimum atomic E-state index is -0.351. The molecule has 0 saturated heterocycles. The van der Waals surface area contributed by atoms with Gasteiger partial charge in [0.15, 0.2) is 5.78 Å². The van der Waals surface area contributed by atoms with Crippen molar-refractivity contribution in [3.8, 4) is 0 Å². The Bertz CT molecular complexity index is 608. The number of rotatable bonds is 3. The van der Waals surface area contributed by atoms with Crippen LogP contribution in [0.3, 0.4) is 0 Å². The molecule has 0 heterocycles. The Balaban J connectivity index is 2.55. The van der Waals surface area contributed by atoms with Gasteiger partial charge in [0, 0.05) is 18.3 Å². The fraction of sp³-hybridized carbons (Fsp3) is 0.188. The number of nitrogens with zero attached hydrogens (tertiary/aromatic N) is 1. The zero-order valence-electron chi connectivity index (χ0n) is 11.3. The molecule has 2 nitrogen and oxygen atoms in total. The molecule has 0 N–H and O–H groups in total. The maximum absolute atomic E-state index is 13.6. The molecule has 0 amide bonds. The van der Waals surface area contributed by atoms with Crippen molar-refractivity contribution in [1.29, 1.82) is 0 Å². The highest BCUT2D eigenvalue weighted by atomic mass is 19.1. The Morgan fingerprint density at radius 2 is 1.79 bits per heavy atom. The molecule has 0 fully saturated rings. The summed E-state index contributed by atoms with van der Waals surface area (Å²) in [6, 6.07) is 12.7. The molecule has 0 unspecified atom stereocenters. The van der Waals surface area contributed by atoms with Gasteiger partial charge in [0.1, 0.15) is 5.82 Å². The Kier molecular flexibility index (Phi) is 3.65. The van der Waals surface area contributed by atoms with Crippen molar-refractivity contribution in [2.45, 2.75) is 13.8 Å². The van der Waals surface area contributed by atoms with Crippen LogP contribution in [0.2, 0.25) is 0 Å². The van der Waals surface area contributed by atoms with Crippen LogP contribution in [0, 0.1) is 12.7 Å². The van der Waals surface area contributed by atoms with E-state index in [4.69, 9.17) is 0 Å². The van der Waals surface area contributed by atoms with Crippen molar-refractivity contribution in [3.63, 3.8) is 0 Å². The average Bonchev–Trinajstić information content (AvgIpc) is 2.41. The molecular weight excluding hydrogens is 241 g/mol. The number of benzene rings is 2. The van der Waals surface area contributed by atoms with Crippen molar-refractivity contribution in [1.82, 2.24) is 0 Å². The standard InChI is InChI=1S/C16H16FNO/c1-11-9-16(14(12(2)19)10-15(11)17)18(3)13-7-5-4-6-8-13/h4-10H,1-3H3. The number of anilines is 2. The van der Waals surface area contributed by atoms with Crippen LogP contribution in [-0.2, 0) is 0 Å². The number of hydrogen-bond acceptors (Lipinski definition) is 2. The quantitative estimate of drug-likeness (QED) is 0.771. The van der Waals surface area contributed by atoms with E-state index < -0.39 is 0 Å². The molecule has 0 bridgehead atoms. The summed E-state index contributed by atoms with van der Waals surface area (Å²) in [5.74, 6) is -0.493. The van der Waals surface area contributed by atoms with E-state index in [1.54, 1.807) is 13.0 Å². The third-order valence-corrected chi connectivity index (χ3v) is 3.16. The molecule has 0 spiro atoms. The van der Waals surface area contributed by atoms with Crippen LogP contribution in [0.5, 0.6) is 0 Å². The van der Waals surface area contributed by atoms with Gasteiger partial charge in [-0.3, -0.25) is 4.79 Å². The molecule has 98 valence electrons. The van der Waals surface area contributed by atoms with E-state index in [0.29, 0.717) is 11.1 Å². The first-order chi connectivity index (χ1) is 9.00. The minimum absolute atomic E-state index is 0.142. The van der Waals surface area contributed by atoms with E-state index in [2.05, 4.69) is 0 Å². The average molecular weight is 257 g/mol. The summed E-state index contributed by atoms with van der Waals surface area (Å²) in [6.45, 7) is 3.15. The second kappa shape index (κ2) is 5.22. The van der Waals surface area contributed by atoms with Gasteiger partial charge in [0.05, 0.1) is 5.69 Å². The fourth-order valence-electron chi connectivity index (χ4n) is 2.02. The van der Waals surface area contributed by atoms with Crippen LogP contribution in [0.1, 0.15) is 22.8 Å². The van der Waals surface area contributed by atoms with Crippen LogP contribution < -0.4 is 4.90 Å². The molecule has 2 aromatic carbocycles. The molecule has 0 radical (unpaired) electrons. The molecule has 2 aromatic rings. The van der Waals surface area contributed by atoms with E-state index in [1.807, 2.05) is 42.3 Å². The van der Waals surface area contributed by atoms with Gasteiger partial charge in [-0.2, -0.15) is 0 Å². The van der Waals surface area contributed by atoms with Gasteiger partial charge in [-0.05, 0) is 43.7 Å². The lowest BCUT2D eigenvalue weighted by Gasteiger charge is -2.22. The Morgan fingerprint density at radius 3 is 2.37 bits per heavy atom. The number of halogens is 1. The van der Waals surface area contributed by atoms with Crippen molar-refractivity contribution >= 4 is 17.2 Å². The maximum Gasteiger partial charge on any atom is 0.162 e. The second-order valence-corrected chi connectivity index (χ2v) is 4.57. The molecule has 0 aliphatic rings. The monoisotopic (exact) mass is 257 g/mol. The number of Topliss-reactive ketones (excluding diaryl/α,β-unsaturated/α-hetero) is 1. The van der Waals surface area contributed by atoms with Crippen molar-refractivity contribution < 1.29 is 9.18 Å². The van der Waals surface area contributed by atoms with Gasteiger partial charge >= 0.3 is 0 Å². The lowest BCUT2D eigenvalue weighted by atomic mass is 10.0. The minimum Gasteiger partial charge on any atom is -0.344 e. The third kappa shape index (κ3) is 2.65. The molecule has 0 saturated carbocycles. The summed E-state index contributed by atoms with van der Waals surface area (Å²) in [5, 5.41) is 0. The smallest absolute Gasteiger partial charge is 0.162 e.